The zero-order valence-electron chi connectivity index (χ0n) is 18.0. The van der Waals surface area contributed by atoms with E-state index in [1.54, 1.807) is 0 Å². The Bertz CT molecular complexity index is 753. The quantitative estimate of drug-likeness (QED) is 0.685. The van der Waals surface area contributed by atoms with Gasteiger partial charge in [0, 0.05) is 26.2 Å². The van der Waals surface area contributed by atoms with Crippen LogP contribution in [0.4, 0.5) is 0 Å². The molecule has 0 spiro atoms. The molecule has 0 aliphatic carbocycles. The lowest BCUT2D eigenvalue weighted by Crippen LogP contribution is -2.46. The second-order valence-electron chi connectivity index (χ2n) is 7.63. The van der Waals surface area contributed by atoms with Gasteiger partial charge in [-0.2, -0.15) is 0 Å². The fourth-order valence-electron chi connectivity index (χ4n) is 3.65. The molecule has 1 aromatic rings. The average Bonchev–Trinajstić information content (AvgIpc) is 2.79. The van der Waals surface area contributed by atoms with Gasteiger partial charge in [0.05, 0.1) is 19.8 Å². The van der Waals surface area contributed by atoms with Crippen molar-refractivity contribution in [2.24, 2.45) is 5.92 Å². The lowest BCUT2D eigenvalue weighted by atomic mass is 9.94. The van der Waals surface area contributed by atoms with Crippen molar-refractivity contribution < 1.29 is 29.3 Å². The fraction of sp³-hybridized carbons (Fsp3) is 0.522. The number of aryl methyl sites for hydroxylation is 1. The van der Waals surface area contributed by atoms with Gasteiger partial charge >= 0.3 is 11.9 Å². The van der Waals surface area contributed by atoms with E-state index in [2.05, 4.69) is 48.2 Å². The maximum atomic E-state index is 12.5. The van der Waals surface area contributed by atoms with Crippen molar-refractivity contribution in [2.75, 3.05) is 45.9 Å². The van der Waals surface area contributed by atoms with Crippen LogP contribution in [-0.4, -0.2) is 83.8 Å². The van der Waals surface area contributed by atoms with Gasteiger partial charge < -0.3 is 19.8 Å². The highest BCUT2D eigenvalue weighted by Gasteiger charge is 2.23. The maximum Gasteiger partial charge on any atom is 0.414 e. The monoisotopic (exact) mass is 432 g/mol. The highest BCUT2D eigenvalue weighted by molar-refractivity contribution is 6.27. The lowest BCUT2D eigenvalue weighted by Gasteiger charge is -2.33. The first-order chi connectivity index (χ1) is 14.9. The minimum absolute atomic E-state index is 0.278. The summed E-state index contributed by atoms with van der Waals surface area (Å²) in [5.74, 6) is -2.79. The summed E-state index contributed by atoms with van der Waals surface area (Å²) in [6.07, 6.45) is 7.82. The van der Waals surface area contributed by atoms with E-state index in [0.29, 0.717) is 12.5 Å². The molecule has 1 amide bonds. The molecule has 0 unspecified atom stereocenters. The second kappa shape index (κ2) is 12.9. The highest BCUT2D eigenvalue weighted by atomic mass is 16.5. The number of hydrogen-bond donors (Lipinski definition) is 2. The van der Waals surface area contributed by atoms with Gasteiger partial charge in [0.15, 0.2) is 0 Å². The minimum atomic E-state index is -1.82. The number of likely N-dealkylation sites (tertiary alicyclic amines) is 1. The number of ether oxygens (including phenoxy) is 1. The van der Waals surface area contributed by atoms with E-state index in [1.807, 2.05) is 4.90 Å². The summed E-state index contributed by atoms with van der Waals surface area (Å²) in [6.45, 7) is 7.77. The Morgan fingerprint density at radius 3 is 2.23 bits per heavy atom. The number of aliphatic carboxylic acids is 2. The third-order valence-corrected chi connectivity index (χ3v) is 5.52. The summed E-state index contributed by atoms with van der Waals surface area (Å²) in [5, 5.41) is 14.8. The van der Waals surface area contributed by atoms with Crippen LogP contribution in [0.5, 0.6) is 0 Å². The van der Waals surface area contributed by atoms with Crippen molar-refractivity contribution in [1.29, 1.82) is 0 Å². The van der Waals surface area contributed by atoms with E-state index >= 15 is 0 Å². The molecule has 1 aromatic carbocycles. The first-order valence-electron chi connectivity index (χ1n) is 10.7. The number of nitrogens with zero attached hydrogens (tertiary/aromatic N) is 2. The molecule has 31 heavy (non-hydrogen) atoms. The topological polar surface area (TPSA) is 107 Å². The van der Waals surface area contributed by atoms with Crippen LogP contribution in [-0.2, 0) is 25.5 Å². The SMILES string of the molecule is CCc1ccccc1/C=C/C1CCN(C(=O)CN2CCOCC2)CC1.O=C(O)C(=O)O. The van der Waals surface area contributed by atoms with Crippen LogP contribution in [0.15, 0.2) is 30.3 Å². The highest BCUT2D eigenvalue weighted by Crippen LogP contribution is 2.21. The van der Waals surface area contributed by atoms with E-state index in [4.69, 9.17) is 24.5 Å². The molecule has 0 atom stereocenters. The Balaban J connectivity index is 0.000000501. The summed E-state index contributed by atoms with van der Waals surface area (Å²) in [7, 11) is 0. The molecule has 8 nitrogen and oxygen atoms in total. The van der Waals surface area contributed by atoms with Gasteiger partial charge in [-0.3, -0.25) is 9.69 Å². The second-order valence-corrected chi connectivity index (χ2v) is 7.63. The number of carboxylic acids is 2. The largest absolute Gasteiger partial charge is 0.473 e. The molecule has 2 saturated heterocycles. The van der Waals surface area contributed by atoms with E-state index in [9.17, 15) is 4.79 Å². The van der Waals surface area contributed by atoms with Gasteiger partial charge in [0.1, 0.15) is 0 Å². The number of rotatable bonds is 5. The van der Waals surface area contributed by atoms with E-state index in [0.717, 1.165) is 58.7 Å². The molecule has 0 saturated carbocycles. The first kappa shape index (κ1) is 24.6. The molecule has 170 valence electrons. The maximum absolute atomic E-state index is 12.5. The van der Waals surface area contributed by atoms with Gasteiger partial charge in [-0.25, -0.2) is 9.59 Å². The van der Waals surface area contributed by atoms with Gasteiger partial charge in [-0.15, -0.1) is 0 Å². The van der Waals surface area contributed by atoms with Gasteiger partial charge in [0.2, 0.25) is 5.91 Å². The van der Waals surface area contributed by atoms with Crippen molar-refractivity contribution in [3.8, 4) is 0 Å². The molecular formula is C23H32N2O6. The Morgan fingerprint density at radius 2 is 1.65 bits per heavy atom. The van der Waals surface area contributed by atoms with Crippen LogP contribution in [0, 0.1) is 5.92 Å². The Hall–Kier alpha value is -2.71. The number of amides is 1. The van der Waals surface area contributed by atoms with Crippen LogP contribution < -0.4 is 0 Å². The lowest BCUT2D eigenvalue weighted by molar-refractivity contribution is -0.159. The predicted molar refractivity (Wildman–Crippen MR) is 117 cm³/mol. The number of carbonyl (C=O) groups excluding carboxylic acids is 1. The van der Waals surface area contributed by atoms with Crippen molar-refractivity contribution in [2.45, 2.75) is 26.2 Å². The molecule has 2 fully saturated rings. The van der Waals surface area contributed by atoms with Crippen molar-refractivity contribution in [3.05, 3.63) is 41.5 Å². The van der Waals surface area contributed by atoms with Crippen molar-refractivity contribution >= 4 is 23.9 Å². The fourth-order valence-corrected chi connectivity index (χ4v) is 3.65. The first-order valence-corrected chi connectivity index (χ1v) is 10.7. The van der Waals surface area contributed by atoms with E-state index in [-0.39, 0.29) is 5.91 Å². The molecule has 3 rings (SSSR count). The normalized spacial score (nSPS) is 17.8. The Kier molecular flexibility index (Phi) is 10.2. The van der Waals surface area contributed by atoms with Crippen LogP contribution >= 0.6 is 0 Å². The summed E-state index contributed by atoms with van der Waals surface area (Å²) < 4.78 is 5.35. The summed E-state index contributed by atoms with van der Waals surface area (Å²) >= 11 is 0. The molecular weight excluding hydrogens is 400 g/mol. The Morgan fingerprint density at radius 1 is 1.03 bits per heavy atom. The molecule has 8 heteroatoms. The molecule has 2 N–H and O–H groups in total. The van der Waals surface area contributed by atoms with Crippen LogP contribution in [0.1, 0.15) is 30.9 Å². The minimum Gasteiger partial charge on any atom is -0.473 e. The van der Waals surface area contributed by atoms with Gasteiger partial charge in [-0.05, 0) is 36.3 Å². The van der Waals surface area contributed by atoms with Crippen LogP contribution in [0.25, 0.3) is 6.08 Å². The summed E-state index contributed by atoms with van der Waals surface area (Å²) in [5.41, 5.74) is 2.73. The zero-order chi connectivity index (χ0) is 22.6. The zero-order valence-corrected chi connectivity index (χ0v) is 18.0. The summed E-state index contributed by atoms with van der Waals surface area (Å²) in [6, 6.07) is 8.60. The third kappa shape index (κ3) is 8.51. The number of carbonyl (C=O) groups is 3. The number of morpholine rings is 1. The van der Waals surface area contributed by atoms with Crippen LogP contribution in [0.2, 0.25) is 0 Å². The number of carboxylic acid groups (broad SMARTS) is 2. The molecule has 0 bridgehead atoms. The van der Waals surface area contributed by atoms with E-state index < -0.39 is 11.9 Å². The summed E-state index contributed by atoms with van der Waals surface area (Å²) in [4.78, 5) is 34.9. The van der Waals surface area contributed by atoms with Gasteiger partial charge in [-0.1, -0.05) is 43.3 Å². The Labute approximate surface area is 183 Å². The molecule has 2 aliphatic heterocycles. The van der Waals surface area contributed by atoms with Crippen molar-refractivity contribution in [3.63, 3.8) is 0 Å². The van der Waals surface area contributed by atoms with Crippen molar-refractivity contribution in [1.82, 2.24) is 9.80 Å². The predicted octanol–water partition coefficient (Wildman–Crippen LogP) is 1.99. The van der Waals surface area contributed by atoms with E-state index in [1.165, 1.54) is 11.1 Å². The molecule has 0 radical (unpaired) electrons. The standard InChI is InChI=1S/C21H30N2O2.C2H2O4/c1-2-19-5-3-4-6-20(19)8-7-18-9-11-23(12-10-18)21(24)17-22-13-15-25-16-14-22;3-1(4)2(5)6/h3-8,18H,2,9-17H2,1H3;(H,3,4)(H,5,6)/b8-7+;. The van der Waals surface area contributed by atoms with Crippen LogP contribution in [0.3, 0.4) is 0 Å². The number of allylic oxidation sites excluding steroid dienone is 1. The number of piperidine rings is 1. The smallest absolute Gasteiger partial charge is 0.414 e. The number of hydrogen-bond acceptors (Lipinski definition) is 5. The number of benzene rings is 1. The molecule has 2 aliphatic rings. The van der Waals surface area contributed by atoms with Gasteiger partial charge in [0.25, 0.3) is 0 Å². The molecule has 2 heterocycles. The third-order valence-electron chi connectivity index (χ3n) is 5.52. The average molecular weight is 433 g/mol. The molecule has 0 aromatic heterocycles.